The number of nitrogens with zero attached hydrogens (tertiary/aromatic N) is 2. The first kappa shape index (κ1) is 14.3. The van der Waals surface area contributed by atoms with Crippen molar-refractivity contribution in [2.45, 2.75) is 25.8 Å². The summed E-state index contributed by atoms with van der Waals surface area (Å²) in [5.41, 5.74) is 7.46. The second-order valence-electron chi connectivity index (χ2n) is 4.44. The molecule has 4 heteroatoms. The zero-order chi connectivity index (χ0) is 12.7. The fourth-order valence-electron chi connectivity index (χ4n) is 1.60. The van der Waals surface area contributed by atoms with Crippen LogP contribution in [-0.4, -0.2) is 41.5 Å². The van der Waals surface area contributed by atoms with E-state index in [1.807, 2.05) is 23.9 Å². The predicted octanol–water partition coefficient (Wildman–Crippen LogP) is 2.28. The van der Waals surface area contributed by atoms with E-state index in [1.54, 1.807) is 6.20 Å². The highest BCUT2D eigenvalue weighted by Crippen LogP contribution is 2.08. The van der Waals surface area contributed by atoms with E-state index in [-0.39, 0.29) is 0 Å². The van der Waals surface area contributed by atoms with E-state index in [0.29, 0.717) is 6.04 Å². The summed E-state index contributed by atoms with van der Waals surface area (Å²) in [5.74, 6) is 1.23. The molecule has 96 valence electrons. The molecule has 17 heavy (non-hydrogen) atoms. The first-order chi connectivity index (χ1) is 8.13. The molecule has 0 amide bonds. The number of thioether (sulfide) groups is 1. The Morgan fingerprint density at radius 2 is 2.24 bits per heavy atom. The molecule has 1 rings (SSSR count). The first-order valence-electron chi connectivity index (χ1n) is 6.03. The molecule has 1 aromatic heterocycles. The average Bonchev–Trinajstić information content (AvgIpc) is 2.34. The van der Waals surface area contributed by atoms with Gasteiger partial charge in [0.2, 0.25) is 0 Å². The Morgan fingerprint density at radius 1 is 1.47 bits per heavy atom. The van der Waals surface area contributed by atoms with E-state index in [1.165, 1.54) is 12.2 Å². The Labute approximate surface area is 109 Å². The molecule has 0 aromatic carbocycles. The van der Waals surface area contributed by atoms with Gasteiger partial charge < -0.3 is 10.6 Å². The van der Waals surface area contributed by atoms with Gasteiger partial charge in [-0.25, -0.2) is 0 Å². The van der Waals surface area contributed by atoms with Crippen LogP contribution in [0.15, 0.2) is 18.3 Å². The Balaban J connectivity index is 2.32. The van der Waals surface area contributed by atoms with Crippen LogP contribution in [0.1, 0.15) is 19.0 Å². The summed E-state index contributed by atoms with van der Waals surface area (Å²) in [6, 6.07) is 4.56. The summed E-state index contributed by atoms with van der Waals surface area (Å²) >= 11 is 1.91. The van der Waals surface area contributed by atoms with Crippen LogP contribution >= 0.6 is 11.8 Å². The summed E-state index contributed by atoms with van der Waals surface area (Å²) in [6.45, 7) is 3.33. The SMILES string of the molecule is CSCCC(C)N(C)CCc1ccc(N)cn1. The number of aromatic nitrogens is 1. The van der Waals surface area contributed by atoms with Crippen molar-refractivity contribution in [2.75, 3.05) is 31.3 Å². The summed E-state index contributed by atoms with van der Waals surface area (Å²) in [6.07, 6.45) is 6.12. The van der Waals surface area contributed by atoms with Gasteiger partial charge in [0, 0.05) is 24.7 Å². The van der Waals surface area contributed by atoms with E-state index in [0.717, 1.165) is 24.3 Å². The monoisotopic (exact) mass is 253 g/mol. The van der Waals surface area contributed by atoms with Crippen LogP contribution in [0.25, 0.3) is 0 Å². The third-order valence-electron chi connectivity index (χ3n) is 3.06. The highest BCUT2D eigenvalue weighted by Gasteiger charge is 2.08. The number of nitrogen functional groups attached to an aromatic ring is 1. The van der Waals surface area contributed by atoms with Crippen LogP contribution in [0.5, 0.6) is 0 Å². The van der Waals surface area contributed by atoms with Gasteiger partial charge in [-0.2, -0.15) is 11.8 Å². The number of hydrogen-bond acceptors (Lipinski definition) is 4. The largest absolute Gasteiger partial charge is 0.397 e. The zero-order valence-corrected chi connectivity index (χ0v) is 11.8. The lowest BCUT2D eigenvalue weighted by molar-refractivity contribution is 0.255. The third kappa shape index (κ3) is 5.41. The van der Waals surface area contributed by atoms with Crippen LogP contribution in [0.2, 0.25) is 0 Å². The highest BCUT2D eigenvalue weighted by molar-refractivity contribution is 7.98. The van der Waals surface area contributed by atoms with Gasteiger partial charge in [0.25, 0.3) is 0 Å². The van der Waals surface area contributed by atoms with Crippen molar-refractivity contribution in [1.82, 2.24) is 9.88 Å². The van der Waals surface area contributed by atoms with Crippen molar-refractivity contribution in [3.8, 4) is 0 Å². The lowest BCUT2D eigenvalue weighted by Gasteiger charge is -2.24. The van der Waals surface area contributed by atoms with Gasteiger partial charge in [-0.15, -0.1) is 0 Å². The Kier molecular flexibility index (Phi) is 6.37. The number of hydrogen-bond donors (Lipinski definition) is 1. The second kappa shape index (κ2) is 7.56. The Morgan fingerprint density at radius 3 is 2.82 bits per heavy atom. The van der Waals surface area contributed by atoms with Crippen molar-refractivity contribution >= 4 is 17.4 Å². The fourth-order valence-corrected chi connectivity index (χ4v) is 2.18. The number of nitrogens with two attached hydrogens (primary N) is 1. The van der Waals surface area contributed by atoms with Gasteiger partial charge in [-0.3, -0.25) is 4.98 Å². The van der Waals surface area contributed by atoms with Crippen molar-refractivity contribution in [1.29, 1.82) is 0 Å². The van der Waals surface area contributed by atoms with Crippen LogP contribution in [0.4, 0.5) is 5.69 Å². The highest BCUT2D eigenvalue weighted by atomic mass is 32.2. The second-order valence-corrected chi connectivity index (χ2v) is 5.43. The lowest BCUT2D eigenvalue weighted by Crippen LogP contribution is -2.31. The molecular formula is C13H23N3S. The van der Waals surface area contributed by atoms with E-state index in [9.17, 15) is 0 Å². The molecule has 1 atom stereocenters. The standard InChI is InChI=1S/C13H23N3S/c1-11(7-9-17-3)16(2)8-6-13-5-4-12(14)10-15-13/h4-5,10-11H,6-9,14H2,1-3H3. The van der Waals surface area contributed by atoms with E-state index in [4.69, 9.17) is 5.73 Å². The van der Waals surface area contributed by atoms with Gasteiger partial charge in [0.1, 0.15) is 0 Å². The molecular weight excluding hydrogens is 230 g/mol. The normalized spacial score (nSPS) is 12.9. The predicted molar refractivity (Wildman–Crippen MR) is 77.4 cm³/mol. The third-order valence-corrected chi connectivity index (χ3v) is 3.70. The van der Waals surface area contributed by atoms with Gasteiger partial charge >= 0.3 is 0 Å². The summed E-state index contributed by atoms with van der Waals surface area (Å²) in [7, 11) is 2.18. The quantitative estimate of drug-likeness (QED) is 0.809. The maximum Gasteiger partial charge on any atom is 0.0501 e. The minimum Gasteiger partial charge on any atom is -0.397 e. The average molecular weight is 253 g/mol. The lowest BCUT2D eigenvalue weighted by atomic mass is 10.2. The maximum atomic E-state index is 5.61. The molecule has 1 heterocycles. The van der Waals surface area contributed by atoms with Gasteiger partial charge in [0.15, 0.2) is 0 Å². The van der Waals surface area contributed by atoms with E-state index >= 15 is 0 Å². The smallest absolute Gasteiger partial charge is 0.0501 e. The van der Waals surface area contributed by atoms with Crippen LogP contribution in [0.3, 0.4) is 0 Å². The molecule has 0 spiro atoms. The Hall–Kier alpha value is -0.740. The molecule has 2 N–H and O–H groups in total. The summed E-state index contributed by atoms with van der Waals surface area (Å²) in [5, 5.41) is 0. The van der Waals surface area contributed by atoms with E-state index < -0.39 is 0 Å². The minimum absolute atomic E-state index is 0.635. The number of anilines is 1. The van der Waals surface area contributed by atoms with Crippen LogP contribution in [0, 0.1) is 0 Å². The number of likely N-dealkylation sites (N-methyl/N-ethyl adjacent to an activating group) is 1. The van der Waals surface area contributed by atoms with Crippen molar-refractivity contribution in [3.05, 3.63) is 24.0 Å². The molecule has 0 saturated carbocycles. The minimum atomic E-state index is 0.635. The van der Waals surface area contributed by atoms with Crippen molar-refractivity contribution < 1.29 is 0 Å². The fraction of sp³-hybridized carbons (Fsp3) is 0.615. The molecule has 0 aliphatic carbocycles. The zero-order valence-electron chi connectivity index (χ0n) is 11.0. The molecule has 1 aromatic rings. The van der Waals surface area contributed by atoms with Crippen molar-refractivity contribution in [3.63, 3.8) is 0 Å². The summed E-state index contributed by atoms with van der Waals surface area (Å²) in [4.78, 5) is 6.71. The van der Waals surface area contributed by atoms with Gasteiger partial charge in [-0.1, -0.05) is 0 Å². The molecule has 0 fully saturated rings. The number of rotatable bonds is 7. The molecule has 0 bridgehead atoms. The van der Waals surface area contributed by atoms with Gasteiger partial charge in [0.05, 0.1) is 11.9 Å². The van der Waals surface area contributed by atoms with Crippen molar-refractivity contribution in [2.24, 2.45) is 0 Å². The molecule has 0 aliphatic heterocycles. The van der Waals surface area contributed by atoms with E-state index in [2.05, 4.69) is 30.1 Å². The van der Waals surface area contributed by atoms with Crippen LogP contribution < -0.4 is 5.73 Å². The maximum absolute atomic E-state index is 5.61. The molecule has 1 unspecified atom stereocenters. The molecule has 0 saturated heterocycles. The molecule has 0 aliphatic rings. The molecule has 0 radical (unpaired) electrons. The molecule has 3 nitrogen and oxygen atoms in total. The van der Waals surface area contributed by atoms with Gasteiger partial charge in [-0.05, 0) is 44.5 Å². The topological polar surface area (TPSA) is 42.1 Å². The number of pyridine rings is 1. The van der Waals surface area contributed by atoms with Crippen LogP contribution in [-0.2, 0) is 6.42 Å². The first-order valence-corrected chi connectivity index (χ1v) is 7.42. The Bertz CT molecular complexity index is 313. The summed E-state index contributed by atoms with van der Waals surface area (Å²) < 4.78 is 0.